The lowest BCUT2D eigenvalue weighted by Gasteiger charge is -2.27. The van der Waals surface area contributed by atoms with Crippen LogP contribution in [-0.2, 0) is 16.0 Å². The number of nitrogens with zero attached hydrogens (tertiary/aromatic N) is 2. The van der Waals surface area contributed by atoms with E-state index < -0.39 is 29.3 Å². The van der Waals surface area contributed by atoms with Gasteiger partial charge in [0.25, 0.3) is 0 Å². The van der Waals surface area contributed by atoms with E-state index in [2.05, 4.69) is 5.32 Å². The third-order valence-corrected chi connectivity index (χ3v) is 5.44. The quantitative estimate of drug-likeness (QED) is 0.459. The van der Waals surface area contributed by atoms with Crippen molar-refractivity contribution >= 4 is 28.8 Å². The van der Waals surface area contributed by atoms with Gasteiger partial charge in [-0.3, -0.25) is 14.4 Å². The molecule has 1 heterocycles. The maximum atomic E-state index is 13.6. The molecule has 0 saturated carbocycles. The minimum Gasteiger partial charge on any atom is -0.343 e. The molecule has 0 radical (unpaired) electrons. The van der Waals surface area contributed by atoms with Gasteiger partial charge in [0.1, 0.15) is 5.82 Å². The van der Waals surface area contributed by atoms with Crippen molar-refractivity contribution in [2.45, 2.75) is 24.9 Å². The smallest absolute Gasteiger partial charge is 0.316 e. The molecule has 2 aromatic rings. The second kappa shape index (κ2) is 9.26. The van der Waals surface area contributed by atoms with Crippen molar-refractivity contribution in [3.8, 4) is 11.1 Å². The highest BCUT2D eigenvalue weighted by Gasteiger charge is 2.38. The van der Waals surface area contributed by atoms with Gasteiger partial charge >= 0.3 is 17.2 Å². The van der Waals surface area contributed by atoms with Crippen molar-refractivity contribution in [3.63, 3.8) is 0 Å². The molecule has 0 aromatic heterocycles. The summed E-state index contributed by atoms with van der Waals surface area (Å²) in [5.41, 5.74) is 2.50. The molecule has 6 nitrogen and oxygen atoms in total. The monoisotopic (exact) mass is 431 g/mol. The molecule has 1 N–H and O–H groups in total. The van der Waals surface area contributed by atoms with Crippen LogP contribution >= 0.6 is 11.6 Å². The van der Waals surface area contributed by atoms with E-state index in [9.17, 15) is 18.8 Å². The Labute approximate surface area is 179 Å². The van der Waals surface area contributed by atoms with Crippen molar-refractivity contribution in [3.05, 3.63) is 59.9 Å². The summed E-state index contributed by atoms with van der Waals surface area (Å²) in [6, 6.07) is 13.1. The maximum absolute atomic E-state index is 13.6. The number of halogens is 2. The number of rotatable bonds is 4. The molecular formula is C22H23ClFN3O3. The second-order valence-electron chi connectivity index (χ2n) is 7.50. The number of carbonyl (C=O) groups excluding carboxylic acids is 3. The van der Waals surface area contributed by atoms with E-state index in [1.165, 1.54) is 36.0 Å². The van der Waals surface area contributed by atoms with Crippen LogP contribution in [-0.4, -0.2) is 59.7 Å². The molecule has 0 aliphatic carbocycles. The SMILES string of the molecule is CN(C)C(=O)C(=O)N[C@H]1CCN(C(=O)Cl)[C@H]1Cc1cccc(-c2cccc(F)c2)c1. The van der Waals surface area contributed by atoms with Crippen LogP contribution in [0.1, 0.15) is 12.0 Å². The first kappa shape index (κ1) is 21.8. The number of carbonyl (C=O) groups is 3. The lowest BCUT2D eigenvalue weighted by molar-refractivity contribution is -0.144. The number of likely N-dealkylation sites (tertiary alicyclic amines) is 1. The largest absolute Gasteiger partial charge is 0.343 e. The van der Waals surface area contributed by atoms with Gasteiger partial charge in [-0.25, -0.2) is 4.39 Å². The summed E-state index contributed by atoms with van der Waals surface area (Å²) in [4.78, 5) is 38.7. The molecule has 1 aliphatic rings. The maximum Gasteiger partial charge on any atom is 0.316 e. The van der Waals surface area contributed by atoms with E-state index in [1.807, 2.05) is 30.3 Å². The van der Waals surface area contributed by atoms with Gasteiger partial charge in [-0.2, -0.15) is 0 Å². The highest BCUT2D eigenvalue weighted by atomic mass is 35.5. The fourth-order valence-corrected chi connectivity index (χ4v) is 3.92. The van der Waals surface area contributed by atoms with E-state index in [4.69, 9.17) is 11.6 Å². The second-order valence-corrected chi connectivity index (χ2v) is 7.82. The third kappa shape index (κ3) is 4.97. The number of hydrogen-bond acceptors (Lipinski definition) is 3. The van der Waals surface area contributed by atoms with Crippen molar-refractivity contribution in [2.75, 3.05) is 20.6 Å². The van der Waals surface area contributed by atoms with Crippen LogP contribution in [0.4, 0.5) is 9.18 Å². The Morgan fingerprint density at radius 2 is 1.80 bits per heavy atom. The average Bonchev–Trinajstić information content (AvgIpc) is 3.09. The first-order valence-corrected chi connectivity index (χ1v) is 9.97. The molecule has 3 rings (SSSR count). The summed E-state index contributed by atoms with van der Waals surface area (Å²) in [5.74, 6) is -1.69. The molecule has 30 heavy (non-hydrogen) atoms. The zero-order valence-corrected chi connectivity index (χ0v) is 17.5. The predicted octanol–water partition coefficient (Wildman–Crippen LogP) is 3.04. The summed E-state index contributed by atoms with van der Waals surface area (Å²) < 4.78 is 13.6. The Bertz CT molecular complexity index is 966. The summed E-state index contributed by atoms with van der Waals surface area (Å²) in [5, 5.41) is 2.14. The molecule has 8 heteroatoms. The molecule has 0 bridgehead atoms. The number of likely N-dealkylation sites (N-methyl/N-ethyl adjacent to an activating group) is 1. The van der Waals surface area contributed by atoms with Crippen molar-refractivity contribution in [1.82, 2.24) is 15.1 Å². The molecule has 2 atom stereocenters. The van der Waals surface area contributed by atoms with E-state index in [-0.39, 0.29) is 5.82 Å². The van der Waals surface area contributed by atoms with Crippen LogP contribution in [0.2, 0.25) is 0 Å². The first-order valence-electron chi connectivity index (χ1n) is 9.59. The fourth-order valence-electron chi connectivity index (χ4n) is 3.71. The van der Waals surface area contributed by atoms with Gasteiger partial charge in [0.15, 0.2) is 0 Å². The van der Waals surface area contributed by atoms with Crippen LogP contribution < -0.4 is 5.32 Å². The van der Waals surface area contributed by atoms with Gasteiger partial charge < -0.3 is 15.1 Å². The number of amides is 3. The average molecular weight is 432 g/mol. The standard InChI is InChI=1S/C22H23ClFN3O3/c1-26(2)21(29)20(28)25-18-9-10-27(22(23)30)19(18)12-14-5-3-6-15(11-14)16-7-4-8-17(24)13-16/h3-8,11,13,18-19H,9-10,12H2,1-2H3,(H,25,28)/t18-,19-/m0/s1. The van der Waals surface area contributed by atoms with Crippen LogP contribution in [0, 0.1) is 5.82 Å². The van der Waals surface area contributed by atoms with Gasteiger partial charge in [0.2, 0.25) is 0 Å². The van der Waals surface area contributed by atoms with Crippen LogP contribution in [0.3, 0.4) is 0 Å². The van der Waals surface area contributed by atoms with Crippen molar-refractivity contribution in [1.29, 1.82) is 0 Å². The summed E-state index contributed by atoms with van der Waals surface area (Å²) in [6.45, 7) is 0.387. The van der Waals surface area contributed by atoms with Crippen LogP contribution in [0.5, 0.6) is 0 Å². The Kier molecular flexibility index (Phi) is 6.72. The summed E-state index contributed by atoms with van der Waals surface area (Å²) >= 11 is 5.76. The van der Waals surface area contributed by atoms with Crippen LogP contribution in [0.15, 0.2) is 48.5 Å². The molecule has 0 spiro atoms. The lowest BCUT2D eigenvalue weighted by Crippen LogP contribution is -2.50. The van der Waals surface area contributed by atoms with Gasteiger partial charge in [-0.15, -0.1) is 0 Å². The lowest BCUT2D eigenvalue weighted by atomic mass is 9.96. The number of nitrogens with one attached hydrogen (secondary N) is 1. The Morgan fingerprint density at radius 1 is 1.13 bits per heavy atom. The normalized spacial score (nSPS) is 18.2. The van der Waals surface area contributed by atoms with Gasteiger partial charge in [0, 0.05) is 20.6 Å². The van der Waals surface area contributed by atoms with Gasteiger partial charge in [0.05, 0.1) is 12.1 Å². The Balaban J connectivity index is 1.82. The molecular weight excluding hydrogens is 409 g/mol. The molecule has 2 aromatic carbocycles. The molecule has 0 unspecified atom stereocenters. The number of benzene rings is 2. The van der Waals surface area contributed by atoms with E-state index in [0.717, 1.165) is 16.7 Å². The fraction of sp³-hybridized carbons (Fsp3) is 0.318. The molecule has 158 valence electrons. The summed E-state index contributed by atoms with van der Waals surface area (Å²) in [7, 11) is 3.00. The Hall–Kier alpha value is -2.93. The van der Waals surface area contributed by atoms with Crippen molar-refractivity contribution < 1.29 is 18.8 Å². The van der Waals surface area contributed by atoms with Crippen LogP contribution in [0.25, 0.3) is 11.1 Å². The molecule has 1 fully saturated rings. The molecule has 3 amide bonds. The first-order chi connectivity index (χ1) is 14.3. The predicted molar refractivity (Wildman–Crippen MR) is 113 cm³/mol. The van der Waals surface area contributed by atoms with E-state index >= 15 is 0 Å². The molecule has 1 aliphatic heterocycles. The molecule has 1 saturated heterocycles. The van der Waals surface area contributed by atoms with E-state index in [1.54, 1.807) is 6.07 Å². The van der Waals surface area contributed by atoms with Crippen molar-refractivity contribution in [2.24, 2.45) is 0 Å². The Morgan fingerprint density at radius 3 is 2.43 bits per heavy atom. The van der Waals surface area contributed by atoms with Gasteiger partial charge in [-0.05, 0) is 53.3 Å². The zero-order valence-electron chi connectivity index (χ0n) is 16.8. The number of hydrogen-bond donors (Lipinski definition) is 1. The minimum absolute atomic E-state index is 0.319. The summed E-state index contributed by atoms with van der Waals surface area (Å²) in [6.07, 6.45) is 0.932. The van der Waals surface area contributed by atoms with Gasteiger partial charge in [-0.1, -0.05) is 36.4 Å². The van der Waals surface area contributed by atoms with E-state index in [0.29, 0.717) is 19.4 Å². The third-order valence-electron chi connectivity index (χ3n) is 5.22. The minimum atomic E-state index is -0.715. The topological polar surface area (TPSA) is 69.7 Å². The zero-order chi connectivity index (χ0) is 21.8. The highest BCUT2D eigenvalue weighted by Crippen LogP contribution is 2.26. The highest BCUT2D eigenvalue weighted by molar-refractivity contribution is 6.62.